The fourth-order valence-electron chi connectivity index (χ4n) is 5.21. The van der Waals surface area contributed by atoms with Crippen LogP contribution >= 0.6 is 31.9 Å². The Morgan fingerprint density at radius 2 is 1.38 bits per heavy atom. The molecule has 1 aromatic carbocycles. The molecule has 0 fully saturated rings. The molecule has 0 aliphatic heterocycles. The molecule has 1 aliphatic carbocycles. The molecule has 0 spiro atoms. The molecule has 5 aromatic rings. The number of fused-ring (bicyclic) bond motifs is 3. The van der Waals surface area contributed by atoms with Crippen molar-refractivity contribution in [3.05, 3.63) is 125 Å². The molecule has 9 heteroatoms. The van der Waals surface area contributed by atoms with E-state index in [0.717, 1.165) is 28.2 Å². The fraction of sp³-hybridized carbons (Fsp3) is 0.214. The van der Waals surface area contributed by atoms with E-state index in [4.69, 9.17) is 9.97 Å². The van der Waals surface area contributed by atoms with Gasteiger partial charge >= 0.3 is 0 Å². The molecule has 0 bridgehead atoms. The van der Waals surface area contributed by atoms with Crippen LogP contribution in [0.3, 0.4) is 0 Å². The summed E-state index contributed by atoms with van der Waals surface area (Å²) in [5, 5.41) is 0. The Hall–Kier alpha value is -3.14. The van der Waals surface area contributed by atoms with Crippen LogP contribution in [0, 0.1) is 0 Å². The van der Waals surface area contributed by atoms with Gasteiger partial charge in [-0.25, -0.2) is 9.97 Å². The quantitative estimate of drug-likeness (QED) is 0.266. The van der Waals surface area contributed by atoms with E-state index in [1.807, 2.05) is 24.3 Å². The summed E-state index contributed by atoms with van der Waals surface area (Å²) in [6.45, 7) is 0.921. The summed E-state index contributed by atoms with van der Waals surface area (Å²) in [6.07, 6.45) is 6.57. The molecule has 1 aliphatic rings. The molecule has 186 valence electrons. The second-order valence-electron chi connectivity index (χ2n) is 9.33. The Morgan fingerprint density at radius 3 is 1.97 bits per heavy atom. The molecule has 6 rings (SSSR count). The molecule has 7 nitrogen and oxygen atoms in total. The lowest BCUT2D eigenvalue weighted by Gasteiger charge is -2.35. The first-order valence-electron chi connectivity index (χ1n) is 12.1. The average molecular weight is 621 g/mol. The molecular weight excluding hydrogens is 598 g/mol. The summed E-state index contributed by atoms with van der Waals surface area (Å²) >= 11 is 6.85. The van der Waals surface area contributed by atoms with E-state index >= 15 is 0 Å². The molecule has 0 saturated heterocycles. The third-order valence-corrected chi connectivity index (χ3v) is 7.80. The molecular formula is C28H23Br2N5O2. The molecule has 0 radical (unpaired) electrons. The van der Waals surface area contributed by atoms with Crippen molar-refractivity contribution in [3.8, 4) is 0 Å². The summed E-state index contributed by atoms with van der Waals surface area (Å²) in [5.74, 6) is 0. The van der Waals surface area contributed by atoms with Gasteiger partial charge in [0.2, 0.25) is 0 Å². The van der Waals surface area contributed by atoms with Gasteiger partial charge in [-0.05, 0) is 86.5 Å². The normalized spacial score (nSPS) is 15.4. The summed E-state index contributed by atoms with van der Waals surface area (Å²) in [7, 11) is 0. The zero-order valence-corrected chi connectivity index (χ0v) is 23.0. The number of rotatable bonds is 5. The molecule has 0 saturated carbocycles. The van der Waals surface area contributed by atoms with Gasteiger partial charge in [0, 0.05) is 52.6 Å². The lowest BCUT2D eigenvalue weighted by molar-refractivity contribution is 0.157. The molecule has 0 unspecified atom stereocenters. The number of benzene rings is 1. The van der Waals surface area contributed by atoms with Crippen LogP contribution in [0.25, 0.3) is 11.3 Å². The van der Waals surface area contributed by atoms with Gasteiger partial charge in [-0.2, -0.15) is 0 Å². The van der Waals surface area contributed by atoms with Gasteiger partial charge in [0.25, 0.3) is 11.1 Å². The third-order valence-electron chi connectivity index (χ3n) is 6.86. The van der Waals surface area contributed by atoms with Gasteiger partial charge < -0.3 is 0 Å². The number of pyridine rings is 2. The minimum absolute atomic E-state index is 0.125. The monoisotopic (exact) mass is 619 g/mol. The summed E-state index contributed by atoms with van der Waals surface area (Å²) < 4.78 is 4.71. The topological polar surface area (TPSA) is 72.0 Å². The number of halogens is 2. The van der Waals surface area contributed by atoms with Gasteiger partial charge in [0.1, 0.15) is 11.3 Å². The van der Waals surface area contributed by atoms with Gasteiger partial charge in [0.15, 0.2) is 0 Å². The van der Waals surface area contributed by atoms with Crippen molar-refractivity contribution in [1.82, 2.24) is 23.7 Å². The third kappa shape index (κ3) is 4.91. The number of hydrogen-bond acceptors (Lipinski definition) is 5. The van der Waals surface area contributed by atoms with Crippen LogP contribution in [0.15, 0.2) is 91.6 Å². The Labute approximate surface area is 229 Å². The summed E-state index contributed by atoms with van der Waals surface area (Å²) in [5.41, 5.74) is 4.96. The zero-order valence-electron chi connectivity index (χ0n) is 19.8. The Balaban J connectivity index is 1.42. The van der Waals surface area contributed by atoms with Gasteiger partial charge in [-0.15, -0.1) is 0 Å². The second-order valence-corrected chi connectivity index (χ2v) is 11.2. The van der Waals surface area contributed by atoms with E-state index in [-0.39, 0.29) is 17.2 Å². The molecule has 0 N–H and O–H groups in total. The minimum atomic E-state index is -0.127. The van der Waals surface area contributed by atoms with Crippen LogP contribution in [0.2, 0.25) is 0 Å². The van der Waals surface area contributed by atoms with E-state index in [2.05, 4.69) is 61.0 Å². The maximum absolute atomic E-state index is 12.9. The SMILES string of the molecule is O=c1cc(CN(Cc2cc(=O)n3cc(Br)ccc3n2)[C@@H]2CCCc3ccccc32)nc2ccc(Br)cn12. The van der Waals surface area contributed by atoms with Crippen molar-refractivity contribution in [2.45, 2.75) is 38.4 Å². The Kier molecular flexibility index (Phi) is 6.52. The maximum Gasteiger partial charge on any atom is 0.258 e. The lowest BCUT2D eigenvalue weighted by atomic mass is 9.86. The maximum atomic E-state index is 12.9. The standard InChI is InChI=1S/C28H23Br2N5O2/c29-19-8-10-25-31-21(12-27(36)34(25)14-19)16-33(24-7-3-5-18-4-1-2-6-23(18)24)17-22-13-28(37)35-15-20(30)9-11-26(35)32-22/h1-2,4,6,8-15,24H,3,5,7,16-17H2/t24-/m1/s1. The van der Waals surface area contributed by atoms with Gasteiger partial charge in [-0.1, -0.05) is 24.3 Å². The summed E-state index contributed by atoms with van der Waals surface area (Å²) in [4.78, 5) is 37.7. The van der Waals surface area contributed by atoms with Crippen molar-refractivity contribution in [2.75, 3.05) is 0 Å². The van der Waals surface area contributed by atoms with Crippen LogP contribution in [0.1, 0.15) is 41.4 Å². The highest BCUT2D eigenvalue weighted by molar-refractivity contribution is 9.10. The van der Waals surface area contributed by atoms with Gasteiger partial charge in [0.05, 0.1) is 11.4 Å². The van der Waals surface area contributed by atoms with Crippen LogP contribution < -0.4 is 11.1 Å². The first-order valence-corrected chi connectivity index (χ1v) is 13.7. The van der Waals surface area contributed by atoms with E-state index < -0.39 is 0 Å². The minimum Gasteiger partial charge on any atom is -0.285 e. The average Bonchev–Trinajstić information content (AvgIpc) is 2.89. The zero-order chi connectivity index (χ0) is 25.5. The van der Waals surface area contributed by atoms with Crippen molar-refractivity contribution >= 4 is 43.2 Å². The number of nitrogens with zero attached hydrogens (tertiary/aromatic N) is 5. The van der Waals surface area contributed by atoms with Crippen LogP contribution in [0.5, 0.6) is 0 Å². The highest BCUT2D eigenvalue weighted by Crippen LogP contribution is 2.35. The van der Waals surface area contributed by atoms with E-state index in [1.165, 1.54) is 19.9 Å². The smallest absolute Gasteiger partial charge is 0.258 e. The second kappa shape index (κ2) is 9.96. The highest BCUT2D eigenvalue weighted by atomic mass is 79.9. The highest BCUT2D eigenvalue weighted by Gasteiger charge is 2.27. The van der Waals surface area contributed by atoms with Crippen molar-refractivity contribution in [1.29, 1.82) is 0 Å². The fourth-order valence-corrected chi connectivity index (χ4v) is 5.89. The van der Waals surface area contributed by atoms with E-state index in [9.17, 15) is 9.59 Å². The van der Waals surface area contributed by atoms with Crippen LogP contribution in [0.4, 0.5) is 0 Å². The molecule has 0 amide bonds. The first kappa shape index (κ1) is 24.2. The molecule has 37 heavy (non-hydrogen) atoms. The molecule has 1 atom stereocenters. The number of aromatic nitrogens is 4. The van der Waals surface area contributed by atoms with Gasteiger partial charge in [-0.3, -0.25) is 23.3 Å². The lowest BCUT2D eigenvalue weighted by Crippen LogP contribution is -2.32. The predicted octanol–water partition coefficient (Wildman–Crippen LogP) is 5.31. The van der Waals surface area contributed by atoms with E-state index in [0.29, 0.717) is 35.8 Å². The number of aryl methyl sites for hydroxylation is 1. The van der Waals surface area contributed by atoms with Crippen molar-refractivity contribution < 1.29 is 0 Å². The van der Waals surface area contributed by atoms with Crippen molar-refractivity contribution in [3.63, 3.8) is 0 Å². The van der Waals surface area contributed by atoms with Crippen LogP contribution in [-0.2, 0) is 19.5 Å². The van der Waals surface area contributed by atoms with Crippen LogP contribution in [-0.4, -0.2) is 23.7 Å². The van der Waals surface area contributed by atoms with E-state index in [1.54, 1.807) is 24.5 Å². The Morgan fingerprint density at radius 1 is 0.811 bits per heavy atom. The summed E-state index contributed by atoms with van der Waals surface area (Å²) in [6, 6.07) is 19.3. The molecule has 4 aromatic heterocycles. The van der Waals surface area contributed by atoms with Crippen molar-refractivity contribution in [2.24, 2.45) is 0 Å². The Bertz CT molecular complexity index is 1660. The molecule has 4 heterocycles. The number of hydrogen-bond donors (Lipinski definition) is 0. The predicted molar refractivity (Wildman–Crippen MR) is 150 cm³/mol. The largest absolute Gasteiger partial charge is 0.285 e. The first-order chi connectivity index (χ1) is 17.9.